The minimum absolute atomic E-state index is 0.0188. The zero-order chi connectivity index (χ0) is 15.4. The van der Waals surface area contributed by atoms with Gasteiger partial charge in [-0.05, 0) is 51.3 Å². The highest BCUT2D eigenvalue weighted by Gasteiger charge is 2.24. The van der Waals surface area contributed by atoms with E-state index in [1.54, 1.807) is 13.8 Å². The summed E-state index contributed by atoms with van der Waals surface area (Å²) in [4.78, 5) is 14.2. The number of amides is 1. The van der Waals surface area contributed by atoms with Crippen LogP contribution in [0.15, 0.2) is 18.2 Å². The summed E-state index contributed by atoms with van der Waals surface area (Å²) in [6.07, 6.45) is 2.66. The van der Waals surface area contributed by atoms with E-state index < -0.39 is 6.10 Å². The number of benzene rings is 1. The average molecular weight is 294 g/mol. The molecule has 2 N–H and O–H groups in total. The lowest BCUT2D eigenvalue weighted by Gasteiger charge is -2.29. The van der Waals surface area contributed by atoms with Crippen LogP contribution in [0.25, 0.3) is 0 Å². The zero-order valence-corrected chi connectivity index (χ0v) is 12.6. The topological polar surface area (TPSA) is 55.6 Å². The van der Waals surface area contributed by atoms with Crippen LogP contribution in [-0.4, -0.2) is 30.0 Å². The molecule has 2 atom stereocenters. The van der Waals surface area contributed by atoms with Crippen molar-refractivity contribution in [3.05, 3.63) is 29.6 Å². The molecule has 0 aliphatic carbocycles. The Morgan fingerprint density at radius 1 is 1.29 bits per heavy atom. The van der Waals surface area contributed by atoms with E-state index in [1.165, 1.54) is 24.6 Å². The monoisotopic (exact) mass is 294 g/mol. The summed E-state index contributed by atoms with van der Waals surface area (Å²) in [6, 6.07) is 3.86. The van der Waals surface area contributed by atoms with Crippen molar-refractivity contribution >= 4 is 5.91 Å². The number of nitrogens with two attached hydrogens (primary N) is 1. The van der Waals surface area contributed by atoms with E-state index in [4.69, 9.17) is 10.5 Å². The number of nitrogens with zero attached hydrogens (tertiary/aromatic N) is 1. The van der Waals surface area contributed by atoms with Gasteiger partial charge in [0.05, 0.1) is 0 Å². The summed E-state index contributed by atoms with van der Waals surface area (Å²) in [7, 11) is 0. The summed E-state index contributed by atoms with van der Waals surface area (Å²) >= 11 is 0. The van der Waals surface area contributed by atoms with Crippen molar-refractivity contribution in [3.63, 3.8) is 0 Å². The lowest BCUT2D eigenvalue weighted by Crippen LogP contribution is -2.43. The van der Waals surface area contributed by atoms with Gasteiger partial charge in [0.2, 0.25) is 0 Å². The summed E-state index contributed by atoms with van der Waals surface area (Å²) in [5.74, 6) is 0.101. The largest absolute Gasteiger partial charge is 0.481 e. The first kappa shape index (κ1) is 15.8. The van der Waals surface area contributed by atoms with Gasteiger partial charge in [-0.25, -0.2) is 4.39 Å². The molecule has 0 radical (unpaired) electrons. The van der Waals surface area contributed by atoms with E-state index in [-0.39, 0.29) is 17.8 Å². The molecule has 21 heavy (non-hydrogen) atoms. The predicted octanol–water partition coefficient (Wildman–Crippen LogP) is 2.63. The van der Waals surface area contributed by atoms with E-state index in [0.717, 1.165) is 25.9 Å². The number of hydrogen-bond acceptors (Lipinski definition) is 3. The van der Waals surface area contributed by atoms with E-state index >= 15 is 0 Å². The number of carbonyl (C=O) groups excluding carboxylic acids is 1. The van der Waals surface area contributed by atoms with Crippen molar-refractivity contribution in [2.45, 2.75) is 45.3 Å². The molecule has 1 aliphatic heterocycles. The smallest absolute Gasteiger partial charge is 0.263 e. The van der Waals surface area contributed by atoms with Crippen LogP contribution < -0.4 is 10.5 Å². The molecule has 0 aromatic heterocycles. The fourth-order valence-electron chi connectivity index (χ4n) is 2.59. The first-order chi connectivity index (χ1) is 9.99. The fourth-order valence-corrected chi connectivity index (χ4v) is 2.59. The highest BCUT2D eigenvalue weighted by Crippen LogP contribution is 2.26. The first-order valence-corrected chi connectivity index (χ1v) is 7.49. The number of carbonyl (C=O) groups is 1. The molecule has 1 fully saturated rings. The number of likely N-dealkylation sites (tertiary alicyclic amines) is 1. The predicted molar refractivity (Wildman–Crippen MR) is 79.5 cm³/mol. The van der Waals surface area contributed by atoms with Gasteiger partial charge in [-0.1, -0.05) is 0 Å². The van der Waals surface area contributed by atoms with Gasteiger partial charge in [0.15, 0.2) is 6.10 Å². The van der Waals surface area contributed by atoms with Crippen molar-refractivity contribution in [2.75, 3.05) is 13.1 Å². The molecule has 1 saturated heterocycles. The molecule has 1 amide bonds. The van der Waals surface area contributed by atoms with Gasteiger partial charge in [0.25, 0.3) is 5.91 Å². The van der Waals surface area contributed by atoms with Gasteiger partial charge in [-0.3, -0.25) is 4.79 Å². The number of piperidine rings is 1. The Balaban J connectivity index is 2.08. The normalized spacial score (nSPS) is 18.2. The van der Waals surface area contributed by atoms with Crippen LogP contribution in [0.4, 0.5) is 4.39 Å². The Hall–Kier alpha value is -1.62. The van der Waals surface area contributed by atoms with Crippen LogP contribution in [0, 0.1) is 5.82 Å². The van der Waals surface area contributed by atoms with Crippen LogP contribution in [0.2, 0.25) is 0 Å². The summed E-state index contributed by atoms with van der Waals surface area (Å²) in [6.45, 7) is 5.07. The number of ether oxygens (including phenoxy) is 1. The summed E-state index contributed by atoms with van der Waals surface area (Å²) < 4.78 is 19.0. The molecule has 0 saturated carbocycles. The number of rotatable bonds is 4. The van der Waals surface area contributed by atoms with Gasteiger partial charge in [0, 0.05) is 24.7 Å². The molecule has 116 valence electrons. The Kier molecular flexibility index (Phi) is 5.17. The van der Waals surface area contributed by atoms with E-state index in [9.17, 15) is 9.18 Å². The molecule has 2 rings (SSSR count). The maximum absolute atomic E-state index is 13.3. The zero-order valence-electron chi connectivity index (χ0n) is 12.6. The molecular formula is C16H23FN2O2. The van der Waals surface area contributed by atoms with Crippen LogP contribution in [-0.2, 0) is 4.79 Å². The number of hydrogen-bond donors (Lipinski definition) is 1. The SMILES string of the molecule is CC(Oc1ccc(F)cc1C(C)N)C(=O)N1CCCCC1. The van der Waals surface area contributed by atoms with Gasteiger partial charge < -0.3 is 15.4 Å². The third-order valence-corrected chi connectivity index (χ3v) is 3.78. The first-order valence-electron chi connectivity index (χ1n) is 7.49. The number of halogens is 1. The highest BCUT2D eigenvalue weighted by atomic mass is 19.1. The van der Waals surface area contributed by atoms with Gasteiger partial charge in [0.1, 0.15) is 11.6 Å². The third-order valence-electron chi connectivity index (χ3n) is 3.78. The Labute approximate surface area is 125 Å². The second kappa shape index (κ2) is 6.89. The van der Waals surface area contributed by atoms with Crippen LogP contribution >= 0.6 is 0 Å². The molecule has 1 aliphatic rings. The third kappa shape index (κ3) is 3.94. The van der Waals surface area contributed by atoms with Crippen molar-refractivity contribution in [3.8, 4) is 5.75 Å². The molecule has 1 aromatic carbocycles. The van der Waals surface area contributed by atoms with E-state index in [0.29, 0.717) is 11.3 Å². The molecule has 1 heterocycles. The lowest BCUT2D eigenvalue weighted by atomic mass is 10.1. The quantitative estimate of drug-likeness (QED) is 0.928. The Bertz CT molecular complexity index is 499. The summed E-state index contributed by atoms with van der Waals surface area (Å²) in [5.41, 5.74) is 6.41. The maximum atomic E-state index is 13.3. The van der Waals surface area contributed by atoms with Crippen LogP contribution in [0.1, 0.15) is 44.7 Å². The standard InChI is InChI=1S/C16H23FN2O2/c1-11(18)14-10-13(17)6-7-15(14)21-12(2)16(20)19-8-4-3-5-9-19/h6-7,10-12H,3-5,8-9,18H2,1-2H3. The lowest BCUT2D eigenvalue weighted by molar-refractivity contribution is -0.138. The van der Waals surface area contributed by atoms with Crippen molar-refractivity contribution in [1.29, 1.82) is 0 Å². The van der Waals surface area contributed by atoms with Gasteiger partial charge in [-0.15, -0.1) is 0 Å². The molecule has 2 unspecified atom stereocenters. The van der Waals surface area contributed by atoms with E-state index in [1.807, 2.05) is 4.90 Å². The van der Waals surface area contributed by atoms with Crippen molar-refractivity contribution < 1.29 is 13.9 Å². The fraction of sp³-hybridized carbons (Fsp3) is 0.562. The molecular weight excluding hydrogens is 271 g/mol. The molecule has 1 aromatic rings. The van der Waals surface area contributed by atoms with Crippen molar-refractivity contribution in [1.82, 2.24) is 4.90 Å². The molecule has 5 heteroatoms. The highest BCUT2D eigenvalue weighted by molar-refractivity contribution is 5.81. The Morgan fingerprint density at radius 3 is 2.57 bits per heavy atom. The minimum Gasteiger partial charge on any atom is -0.481 e. The summed E-state index contributed by atoms with van der Waals surface area (Å²) in [5, 5.41) is 0. The van der Waals surface area contributed by atoms with Crippen LogP contribution in [0.5, 0.6) is 5.75 Å². The van der Waals surface area contributed by atoms with E-state index in [2.05, 4.69) is 0 Å². The minimum atomic E-state index is -0.592. The molecule has 4 nitrogen and oxygen atoms in total. The second-order valence-electron chi connectivity index (χ2n) is 5.62. The van der Waals surface area contributed by atoms with Gasteiger partial charge in [-0.2, -0.15) is 0 Å². The Morgan fingerprint density at radius 2 is 1.95 bits per heavy atom. The second-order valence-corrected chi connectivity index (χ2v) is 5.62. The van der Waals surface area contributed by atoms with Crippen LogP contribution in [0.3, 0.4) is 0 Å². The average Bonchev–Trinajstić information content (AvgIpc) is 2.49. The van der Waals surface area contributed by atoms with Gasteiger partial charge >= 0.3 is 0 Å². The van der Waals surface area contributed by atoms with Crippen molar-refractivity contribution in [2.24, 2.45) is 5.73 Å². The maximum Gasteiger partial charge on any atom is 0.263 e. The molecule has 0 spiro atoms. The molecule has 0 bridgehead atoms.